The third kappa shape index (κ3) is 2.95. The standard InChI is InChI=1S/C13H12ClN3O2/c1-7-2-3-8(14)11(6-7)17-12-9(15)4-5-10(16-12)13(18)19/h2-6H,15H2,1H3,(H,16,17)(H,18,19). The molecule has 0 fully saturated rings. The van der Waals surface area contributed by atoms with Crippen molar-refractivity contribution in [2.45, 2.75) is 6.92 Å². The van der Waals surface area contributed by atoms with Gasteiger partial charge in [0.15, 0.2) is 11.5 Å². The zero-order valence-corrected chi connectivity index (χ0v) is 10.9. The van der Waals surface area contributed by atoms with Crippen LogP contribution in [0.3, 0.4) is 0 Å². The second-order valence-corrected chi connectivity index (χ2v) is 4.45. The molecule has 0 aliphatic heterocycles. The monoisotopic (exact) mass is 277 g/mol. The summed E-state index contributed by atoms with van der Waals surface area (Å²) in [6.45, 7) is 1.92. The van der Waals surface area contributed by atoms with Crippen LogP contribution in [0.15, 0.2) is 30.3 Å². The number of halogens is 1. The topological polar surface area (TPSA) is 88.2 Å². The molecule has 0 bridgehead atoms. The quantitative estimate of drug-likeness (QED) is 0.802. The first kappa shape index (κ1) is 13.2. The van der Waals surface area contributed by atoms with E-state index in [2.05, 4.69) is 10.3 Å². The van der Waals surface area contributed by atoms with Gasteiger partial charge in [-0.2, -0.15) is 0 Å². The fraction of sp³-hybridized carbons (Fsp3) is 0.0769. The van der Waals surface area contributed by atoms with Crippen molar-refractivity contribution in [3.05, 3.63) is 46.6 Å². The second kappa shape index (κ2) is 5.16. The van der Waals surface area contributed by atoms with Crippen molar-refractivity contribution in [3.63, 3.8) is 0 Å². The molecule has 19 heavy (non-hydrogen) atoms. The van der Waals surface area contributed by atoms with E-state index in [1.54, 1.807) is 6.07 Å². The largest absolute Gasteiger partial charge is 0.477 e. The highest BCUT2D eigenvalue weighted by molar-refractivity contribution is 6.33. The van der Waals surface area contributed by atoms with Crippen LogP contribution in [0.4, 0.5) is 17.2 Å². The summed E-state index contributed by atoms with van der Waals surface area (Å²) in [5.74, 6) is -0.842. The molecule has 98 valence electrons. The number of nitrogen functional groups attached to an aromatic ring is 1. The predicted molar refractivity (Wildman–Crippen MR) is 75.1 cm³/mol. The molecular formula is C13H12ClN3O2. The number of pyridine rings is 1. The van der Waals surface area contributed by atoms with Crippen LogP contribution in [0.1, 0.15) is 16.1 Å². The summed E-state index contributed by atoms with van der Waals surface area (Å²) in [6.07, 6.45) is 0. The summed E-state index contributed by atoms with van der Waals surface area (Å²) in [5.41, 5.74) is 7.67. The maximum Gasteiger partial charge on any atom is 0.354 e. The number of nitrogens with two attached hydrogens (primary N) is 1. The Labute approximate surface area is 115 Å². The lowest BCUT2D eigenvalue weighted by Crippen LogP contribution is -2.06. The Morgan fingerprint density at radius 1 is 1.37 bits per heavy atom. The zero-order valence-electron chi connectivity index (χ0n) is 10.1. The second-order valence-electron chi connectivity index (χ2n) is 4.05. The summed E-state index contributed by atoms with van der Waals surface area (Å²) in [7, 11) is 0. The maximum absolute atomic E-state index is 10.9. The van der Waals surface area contributed by atoms with Crippen LogP contribution < -0.4 is 11.1 Å². The van der Waals surface area contributed by atoms with Crippen LogP contribution in [0.5, 0.6) is 0 Å². The SMILES string of the molecule is Cc1ccc(Cl)c(Nc2nc(C(=O)O)ccc2N)c1. The number of hydrogen-bond donors (Lipinski definition) is 3. The Bertz CT molecular complexity index is 644. The molecule has 5 nitrogen and oxygen atoms in total. The first-order chi connectivity index (χ1) is 8.97. The lowest BCUT2D eigenvalue weighted by atomic mass is 10.2. The third-order valence-corrected chi connectivity index (χ3v) is 2.85. The van der Waals surface area contributed by atoms with Gasteiger partial charge in [0, 0.05) is 0 Å². The number of rotatable bonds is 3. The van der Waals surface area contributed by atoms with Gasteiger partial charge in [-0.1, -0.05) is 17.7 Å². The maximum atomic E-state index is 10.9. The van der Waals surface area contributed by atoms with E-state index in [1.807, 2.05) is 19.1 Å². The van der Waals surface area contributed by atoms with Gasteiger partial charge in [0.25, 0.3) is 0 Å². The highest BCUT2D eigenvalue weighted by Gasteiger charge is 2.10. The number of benzene rings is 1. The number of carboxylic acids is 1. The molecule has 2 aromatic rings. The number of aromatic nitrogens is 1. The van der Waals surface area contributed by atoms with Crippen molar-refractivity contribution in [3.8, 4) is 0 Å². The number of anilines is 3. The number of nitrogens with zero attached hydrogens (tertiary/aromatic N) is 1. The van der Waals surface area contributed by atoms with E-state index >= 15 is 0 Å². The molecule has 0 aliphatic carbocycles. The van der Waals surface area contributed by atoms with E-state index in [1.165, 1.54) is 12.1 Å². The van der Waals surface area contributed by atoms with E-state index in [-0.39, 0.29) is 11.5 Å². The minimum Gasteiger partial charge on any atom is -0.477 e. The van der Waals surface area contributed by atoms with Crippen molar-refractivity contribution in [1.29, 1.82) is 0 Å². The molecule has 0 radical (unpaired) electrons. The van der Waals surface area contributed by atoms with Crippen LogP contribution in [0.25, 0.3) is 0 Å². The number of carbonyl (C=O) groups is 1. The molecule has 0 amide bonds. The van der Waals surface area contributed by atoms with Crippen molar-refractivity contribution < 1.29 is 9.90 Å². The minimum atomic E-state index is -1.11. The number of aryl methyl sites for hydroxylation is 1. The smallest absolute Gasteiger partial charge is 0.354 e. The molecule has 0 atom stereocenters. The number of carboxylic acid groups (broad SMARTS) is 1. The Morgan fingerprint density at radius 2 is 2.11 bits per heavy atom. The molecule has 6 heteroatoms. The molecule has 1 aromatic carbocycles. The van der Waals surface area contributed by atoms with Gasteiger partial charge < -0.3 is 16.2 Å². The van der Waals surface area contributed by atoms with Gasteiger partial charge in [0.05, 0.1) is 16.4 Å². The zero-order chi connectivity index (χ0) is 14.0. The van der Waals surface area contributed by atoms with Gasteiger partial charge in [0.2, 0.25) is 0 Å². The molecule has 0 unspecified atom stereocenters. The van der Waals surface area contributed by atoms with E-state index in [9.17, 15) is 4.79 Å². The summed E-state index contributed by atoms with van der Waals surface area (Å²) in [5, 5.41) is 12.4. The minimum absolute atomic E-state index is 0.0829. The van der Waals surface area contributed by atoms with Crippen molar-refractivity contribution >= 4 is 34.8 Å². The Balaban J connectivity index is 2.40. The molecule has 0 spiro atoms. The van der Waals surface area contributed by atoms with E-state index < -0.39 is 5.97 Å². The third-order valence-electron chi connectivity index (χ3n) is 2.52. The van der Waals surface area contributed by atoms with Gasteiger partial charge in [-0.25, -0.2) is 9.78 Å². The average Bonchev–Trinajstić information content (AvgIpc) is 2.36. The van der Waals surface area contributed by atoms with Crippen LogP contribution in [0, 0.1) is 6.92 Å². The Kier molecular flexibility index (Phi) is 3.57. The van der Waals surface area contributed by atoms with E-state index in [4.69, 9.17) is 22.4 Å². The van der Waals surface area contributed by atoms with Gasteiger partial charge >= 0.3 is 5.97 Å². The fourth-order valence-electron chi connectivity index (χ4n) is 1.55. The highest BCUT2D eigenvalue weighted by atomic mass is 35.5. The summed E-state index contributed by atoms with van der Waals surface area (Å²) < 4.78 is 0. The number of hydrogen-bond acceptors (Lipinski definition) is 4. The van der Waals surface area contributed by atoms with Crippen molar-refractivity contribution in [2.75, 3.05) is 11.1 Å². The average molecular weight is 278 g/mol. The Hall–Kier alpha value is -2.27. The van der Waals surface area contributed by atoms with Gasteiger partial charge in [-0.15, -0.1) is 0 Å². The van der Waals surface area contributed by atoms with Crippen LogP contribution in [-0.2, 0) is 0 Å². The van der Waals surface area contributed by atoms with E-state index in [0.717, 1.165) is 5.56 Å². The van der Waals surface area contributed by atoms with Gasteiger partial charge in [-0.05, 0) is 36.8 Å². The molecule has 1 heterocycles. The lowest BCUT2D eigenvalue weighted by Gasteiger charge is -2.11. The molecule has 2 rings (SSSR count). The van der Waals surface area contributed by atoms with Crippen LogP contribution in [0.2, 0.25) is 5.02 Å². The van der Waals surface area contributed by atoms with Crippen molar-refractivity contribution in [1.82, 2.24) is 4.98 Å². The molecule has 0 saturated heterocycles. The molecule has 0 saturated carbocycles. The van der Waals surface area contributed by atoms with Crippen LogP contribution in [-0.4, -0.2) is 16.1 Å². The van der Waals surface area contributed by atoms with Crippen LogP contribution >= 0.6 is 11.6 Å². The summed E-state index contributed by atoms with van der Waals surface area (Å²) >= 11 is 6.05. The first-order valence-electron chi connectivity index (χ1n) is 5.50. The first-order valence-corrected chi connectivity index (χ1v) is 5.88. The lowest BCUT2D eigenvalue weighted by molar-refractivity contribution is 0.0690. The number of nitrogens with one attached hydrogen (secondary N) is 1. The highest BCUT2D eigenvalue weighted by Crippen LogP contribution is 2.28. The van der Waals surface area contributed by atoms with Crippen molar-refractivity contribution in [2.24, 2.45) is 0 Å². The fourth-order valence-corrected chi connectivity index (χ4v) is 1.72. The Morgan fingerprint density at radius 3 is 2.79 bits per heavy atom. The molecule has 1 aromatic heterocycles. The normalized spacial score (nSPS) is 10.2. The summed E-state index contributed by atoms with van der Waals surface area (Å²) in [4.78, 5) is 14.8. The van der Waals surface area contributed by atoms with Gasteiger partial charge in [-0.3, -0.25) is 0 Å². The molecule has 0 aliphatic rings. The summed E-state index contributed by atoms with van der Waals surface area (Å²) in [6, 6.07) is 8.29. The molecular weight excluding hydrogens is 266 g/mol. The predicted octanol–water partition coefficient (Wildman–Crippen LogP) is 3.07. The van der Waals surface area contributed by atoms with Gasteiger partial charge in [0.1, 0.15) is 0 Å². The van der Waals surface area contributed by atoms with E-state index in [0.29, 0.717) is 16.4 Å². The number of aromatic carboxylic acids is 1. The molecule has 4 N–H and O–H groups in total.